The molecule has 2 rings (SSSR count). The van der Waals surface area contributed by atoms with E-state index in [1.54, 1.807) is 0 Å². The lowest BCUT2D eigenvalue weighted by Gasteiger charge is -2.35. The normalized spacial score (nSPS) is 23.8. The predicted molar refractivity (Wildman–Crippen MR) is 81.9 cm³/mol. The van der Waals surface area contributed by atoms with Crippen molar-refractivity contribution >= 4 is 23.1 Å². The van der Waals surface area contributed by atoms with E-state index in [2.05, 4.69) is 5.32 Å². The summed E-state index contributed by atoms with van der Waals surface area (Å²) in [5.41, 5.74) is 5.33. The van der Waals surface area contributed by atoms with Gasteiger partial charge in [-0.25, -0.2) is 0 Å². The number of amides is 1. The van der Waals surface area contributed by atoms with Crippen LogP contribution in [0.15, 0.2) is 0 Å². The van der Waals surface area contributed by atoms with Crippen molar-refractivity contribution in [1.29, 1.82) is 0 Å². The Kier molecular flexibility index (Phi) is 5.20. The predicted octanol–water partition coefficient (Wildman–Crippen LogP) is 2.92. The molecular formula is C15H26N2OS. The minimum absolute atomic E-state index is 0.0882. The molecule has 4 heteroatoms. The molecule has 0 aromatic heterocycles. The van der Waals surface area contributed by atoms with Crippen LogP contribution in [0.4, 0.5) is 0 Å². The molecule has 108 valence electrons. The molecule has 0 aliphatic heterocycles. The second kappa shape index (κ2) is 6.69. The molecule has 0 heterocycles. The van der Waals surface area contributed by atoms with Gasteiger partial charge in [0.15, 0.2) is 0 Å². The Bertz CT molecular complexity index is 331. The molecule has 0 bridgehead atoms. The third-order valence-electron chi connectivity index (χ3n) is 4.89. The summed E-state index contributed by atoms with van der Waals surface area (Å²) >= 11 is 5.19. The Morgan fingerprint density at radius 3 is 2.26 bits per heavy atom. The van der Waals surface area contributed by atoms with Gasteiger partial charge >= 0.3 is 0 Å². The SMILES string of the molecule is NC(=S)C1(C(=O)NCC2CCCCC2)CCCCC1. The molecule has 0 saturated heterocycles. The second-order valence-corrected chi connectivity index (χ2v) is 6.66. The number of nitrogens with one attached hydrogen (secondary N) is 1. The fraction of sp³-hybridized carbons (Fsp3) is 0.867. The van der Waals surface area contributed by atoms with Crippen molar-refractivity contribution in [2.45, 2.75) is 64.2 Å². The van der Waals surface area contributed by atoms with Crippen LogP contribution >= 0.6 is 12.2 Å². The lowest BCUT2D eigenvalue weighted by molar-refractivity contribution is -0.129. The number of rotatable bonds is 4. The molecule has 2 aliphatic carbocycles. The quantitative estimate of drug-likeness (QED) is 0.780. The summed E-state index contributed by atoms with van der Waals surface area (Å²) < 4.78 is 0. The van der Waals surface area contributed by atoms with Gasteiger partial charge in [0, 0.05) is 6.54 Å². The van der Waals surface area contributed by atoms with Crippen LogP contribution in [0.2, 0.25) is 0 Å². The molecule has 0 atom stereocenters. The lowest BCUT2D eigenvalue weighted by Crippen LogP contribution is -2.50. The van der Waals surface area contributed by atoms with Crippen molar-refractivity contribution in [3.05, 3.63) is 0 Å². The van der Waals surface area contributed by atoms with Crippen molar-refractivity contribution in [2.75, 3.05) is 6.54 Å². The lowest BCUT2D eigenvalue weighted by atomic mass is 9.73. The maximum absolute atomic E-state index is 12.5. The minimum Gasteiger partial charge on any atom is -0.392 e. The third-order valence-corrected chi connectivity index (χ3v) is 5.28. The van der Waals surface area contributed by atoms with Gasteiger partial charge in [-0.2, -0.15) is 0 Å². The number of thiocarbonyl (C=S) groups is 1. The molecule has 2 aliphatic rings. The fourth-order valence-corrected chi connectivity index (χ4v) is 3.84. The van der Waals surface area contributed by atoms with Crippen LogP contribution in [0.25, 0.3) is 0 Å². The largest absolute Gasteiger partial charge is 0.392 e. The molecule has 0 aromatic carbocycles. The number of carbonyl (C=O) groups is 1. The zero-order valence-corrected chi connectivity index (χ0v) is 12.6. The van der Waals surface area contributed by atoms with Crippen molar-refractivity contribution in [2.24, 2.45) is 17.1 Å². The average molecular weight is 282 g/mol. The maximum Gasteiger partial charge on any atom is 0.233 e. The number of nitrogens with two attached hydrogens (primary N) is 1. The average Bonchev–Trinajstić information content (AvgIpc) is 2.46. The summed E-state index contributed by atoms with van der Waals surface area (Å²) in [4.78, 5) is 12.9. The Hall–Kier alpha value is -0.640. The summed E-state index contributed by atoms with van der Waals surface area (Å²) in [6.45, 7) is 0.809. The molecule has 0 aromatic rings. The van der Waals surface area contributed by atoms with E-state index in [9.17, 15) is 4.79 Å². The van der Waals surface area contributed by atoms with Crippen molar-refractivity contribution < 1.29 is 4.79 Å². The molecule has 0 radical (unpaired) electrons. The van der Waals surface area contributed by atoms with Gasteiger partial charge in [-0.05, 0) is 31.6 Å². The van der Waals surface area contributed by atoms with Gasteiger partial charge in [0.2, 0.25) is 5.91 Å². The van der Waals surface area contributed by atoms with Crippen molar-refractivity contribution in [3.8, 4) is 0 Å². The van der Waals surface area contributed by atoms with Crippen LogP contribution in [0.3, 0.4) is 0 Å². The van der Waals surface area contributed by atoms with E-state index in [-0.39, 0.29) is 5.91 Å². The first-order valence-electron chi connectivity index (χ1n) is 7.73. The molecule has 3 nitrogen and oxygen atoms in total. The van der Waals surface area contributed by atoms with E-state index in [4.69, 9.17) is 18.0 Å². The van der Waals surface area contributed by atoms with E-state index in [1.807, 2.05) is 0 Å². The van der Waals surface area contributed by atoms with Gasteiger partial charge in [0.25, 0.3) is 0 Å². The van der Waals surface area contributed by atoms with Crippen molar-refractivity contribution in [3.63, 3.8) is 0 Å². The third kappa shape index (κ3) is 3.47. The number of hydrogen-bond donors (Lipinski definition) is 2. The van der Waals surface area contributed by atoms with Crippen LogP contribution in [-0.4, -0.2) is 17.4 Å². The van der Waals surface area contributed by atoms with Gasteiger partial charge in [-0.3, -0.25) is 4.79 Å². The van der Waals surface area contributed by atoms with E-state index >= 15 is 0 Å². The molecule has 1 amide bonds. The summed E-state index contributed by atoms with van der Waals surface area (Å²) in [7, 11) is 0. The second-order valence-electron chi connectivity index (χ2n) is 6.22. The van der Waals surface area contributed by atoms with E-state index < -0.39 is 5.41 Å². The summed E-state index contributed by atoms with van der Waals surface area (Å²) in [5.74, 6) is 0.745. The van der Waals surface area contributed by atoms with Gasteiger partial charge in [-0.1, -0.05) is 50.7 Å². The molecule has 2 saturated carbocycles. The molecule has 19 heavy (non-hydrogen) atoms. The van der Waals surface area contributed by atoms with Gasteiger partial charge in [-0.15, -0.1) is 0 Å². The van der Waals surface area contributed by atoms with E-state index in [1.165, 1.54) is 38.5 Å². The van der Waals surface area contributed by atoms with Crippen LogP contribution in [0.5, 0.6) is 0 Å². The minimum atomic E-state index is -0.553. The monoisotopic (exact) mass is 282 g/mol. The van der Waals surface area contributed by atoms with Crippen LogP contribution in [0, 0.1) is 11.3 Å². The Morgan fingerprint density at radius 2 is 1.68 bits per heavy atom. The Morgan fingerprint density at radius 1 is 1.11 bits per heavy atom. The molecular weight excluding hydrogens is 256 g/mol. The number of hydrogen-bond acceptors (Lipinski definition) is 2. The van der Waals surface area contributed by atoms with Crippen LogP contribution < -0.4 is 11.1 Å². The van der Waals surface area contributed by atoms with Crippen LogP contribution in [0.1, 0.15) is 64.2 Å². The smallest absolute Gasteiger partial charge is 0.233 e. The van der Waals surface area contributed by atoms with E-state index in [0.29, 0.717) is 10.9 Å². The molecule has 3 N–H and O–H groups in total. The van der Waals surface area contributed by atoms with Gasteiger partial charge in [0.1, 0.15) is 0 Å². The standard InChI is InChI=1S/C15H26N2OS/c16-13(19)15(9-5-2-6-10-15)14(18)17-11-12-7-3-1-4-8-12/h12H,1-11H2,(H2,16,19)(H,17,18). The Labute approximate surface area is 121 Å². The van der Waals surface area contributed by atoms with Gasteiger partial charge < -0.3 is 11.1 Å². The molecule has 2 fully saturated rings. The first-order valence-corrected chi connectivity index (χ1v) is 8.14. The first-order chi connectivity index (χ1) is 9.15. The summed E-state index contributed by atoms with van der Waals surface area (Å²) in [6.07, 6.45) is 11.4. The number of carbonyl (C=O) groups excluding carboxylic acids is 1. The molecule has 0 spiro atoms. The highest BCUT2D eigenvalue weighted by Crippen LogP contribution is 2.37. The fourth-order valence-electron chi connectivity index (χ4n) is 3.54. The van der Waals surface area contributed by atoms with E-state index in [0.717, 1.165) is 32.2 Å². The Balaban J connectivity index is 1.90. The highest BCUT2D eigenvalue weighted by molar-refractivity contribution is 7.80. The zero-order chi connectivity index (χ0) is 13.7. The maximum atomic E-state index is 12.5. The molecule has 0 unspecified atom stereocenters. The van der Waals surface area contributed by atoms with Crippen LogP contribution in [-0.2, 0) is 4.79 Å². The first kappa shape index (κ1) is 14.8. The topological polar surface area (TPSA) is 55.1 Å². The highest BCUT2D eigenvalue weighted by Gasteiger charge is 2.42. The van der Waals surface area contributed by atoms with Crippen molar-refractivity contribution in [1.82, 2.24) is 5.32 Å². The summed E-state index contributed by atoms with van der Waals surface area (Å²) in [5, 5.41) is 3.14. The van der Waals surface area contributed by atoms with Gasteiger partial charge in [0.05, 0.1) is 10.4 Å². The summed E-state index contributed by atoms with van der Waals surface area (Å²) in [6, 6.07) is 0. The zero-order valence-electron chi connectivity index (χ0n) is 11.7. The highest BCUT2D eigenvalue weighted by atomic mass is 32.1.